The van der Waals surface area contributed by atoms with Gasteiger partial charge in [0.1, 0.15) is 5.82 Å². The highest BCUT2D eigenvalue weighted by molar-refractivity contribution is 7.12. The van der Waals surface area contributed by atoms with E-state index in [0.29, 0.717) is 5.56 Å². The summed E-state index contributed by atoms with van der Waals surface area (Å²) in [6, 6.07) is 10.8. The second kappa shape index (κ2) is 5.02. The first-order valence-electron chi connectivity index (χ1n) is 5.88. The molecular formula is C15H16ClFS. The van der Waals surface area contributed by atoms with E-state index in [-0.39, 0.29) is 11.2 Å². The second-order valence-corrected chi connectivity index (χ2v) is 6.89. The van der Waals surface area contributed by atoms with E-state index in [4.69, 9.17) is 11.6 Å². The van der Waals surface area contributed by atoms with Gasteiger partial charge in [0.25, 0.3) is 0 Å². The van der Waals surface area contributed by atoms with Crippen LogP contribution in [0.5, 0.6) is 0 Å². The minimum atomic E-state index is -0.410. The summed E-state index contributed by atoms with van der Waals surface area (Å²) in [5.74, 6) is -0.247. The average molecular weight is 283 g/mol. The maximum absolute atomic E-state index is 13.7. The lowest BCUT2D eigenvalue weighted by Gasteiger charge is -2.15. The predicted octanol–water partition coefficient (Wildman–Crippen LogP) is 5.51. The van der Waals surface area contributed by atoms with Gasteiger partial charge in [-0.05, 0) is 23.6 Å². The molecule has 18 heavy (non-hydrogen) atoms. The first-order chi connectivity index (χ1) is 8.39. The van der Waals surface area contributed by atoms with Gasteiger partial charge in [0.15, 0.2) is 0 Å². The molecule has 1 unspecified atom stereocenters. The lowest BCUT2D eigenvalue weighted by molar-refractivity contribution is 0.604. The highest BCUT2D eigenvalue weighted by Crippen LogP contribution is 2.38. The van der Waals surface area contributed by atoms with E-state index in [0.717, 1.165) is 4.88 Å². The van der Waals surface area contributed by atoms with Gasteiger partial charge in [0.05, 0.1) is 5.38 Å². The monoisotopic (exact) mass is 282 g/mol. The van der Waals surface area contributed by atoms with Crippen molar-refractivity contribution in [3.63, 3.8) is 0 Å². The molecule has 0 spiro atoms. The fourth-order valence-corrected chi connectivity index (χ4v) is 3.17. The summed E-state index contributed by atoms with van der Waals surface area (Å²) in [4.78, 5) is 2.26. The standard InChI is InChI=1S/C15H16ClFS/c1-15(2,3)13-9-8-12(18-13)14(16)10-6-4-5-7-11(10)17/h4-9,14H,1-3H3. The summed E-state index contributed by atoms with van der Waals surface area (Å²) in [6.07, 6.45) is 0. The van der Waals surface area contributed by atoms with Crippen LogP contribution < -0.4 is 0 Å². The van der Waals surface area contributed by atoms with Crippen molar-refractivity contribution in [2.24, 2.45) is 0 Å². The molecule has 0 aliphatic carbocycles. The van der Waals surface area contributed by atoms with Crippen molar-refractivity contribution >= 4 is 22.9 Å². The Morgan fingerprint density at radius 1 is 1.11 bits per heavy atom. The molecule has 0 bridgehead atoms. The molecule has 1 aromatic heterocycles. The number of halogens is 2. The van der Waals surface area contributed by atoms with Gasteiger partial charge in [0.2, 0.25) is 0 Å². The van der Waals surface area contributed by atoms with Crippen molar-refractivity contribution < 1.29 is 4.39 Å². The van der Waals surface area contributed by atoms with Gasteiger partial charge in [-0.2, -0.15) is 0 Å². The summed E-state index contributed by atoms with van der Waals surface area (Å²) < 4.78 is 13.7. The third kappa shape index (κ3) is 2.76. The van der Waals surface area contributed by atoms with Crippen LogP contribution in [0, 0.1) is 5.82 Å². The molecule has 0 nitrogen and oxygen atoms in total. The van der Waals surface area contributed by atoms with E-state index >= 15 is 0 Å². The minimum absolute atomic E-state index is 0.106. The Morgan fingerprint density at radius 2 is 1.78 bits per heavy atom. The van der Waals surface area contributed by atoms with Crippen LogP contribution in [-0.2, 0) is 5.41 Å². The van der Waals surface area contributed by atoms with Crippen molar-refractivity contribution in [2.75, 3.05) is 0 Å². The summed E-state index contributed by atoms with van der Waals surface area (Å²) >= 11 is 8.02. The first kappa shape index (κ1) is 13.6. The largest absolute Gasteiger partial charge is 0.207 e. The summed E-state index contributed by atoms with van der Waals surface area (Å²) in [6.45, 7) is 6.48. The van der Waals surface area contributed by atoms with Crippen LogP contribution in [0.1, 0.15) is 41.5 Å². The molecule has 0 radical (unpaired) electrons. The lowest BCUT2D eigenvalue weighted by atomic mass is 9.95. The van der Waals surface area contributed by atoms with E-state index in [1.807, 2.05) is 12.1 Å². The molecule has 2 rings (SSSR count). The first-order valence-corrected chi connectivity index (χ1v) is 7.13. The minimum Gasteiger partial charge on any atom is -0.207 e. The van der Waals surface area contributed by atoms with Crippen LogP contribution >= 0.6 is 22.9 Å². The Morgan fingerprint density at radius 3 is 2.33 bits per heavy atom. The number of thiophene rings is 1. The third-order valence-electron chi connectivity index (χ3n) is 2.79. The zero-order valence-corrected chi connectivity index (χ0v) is 12.3. The molecule has 96 valence electrons. The zero-order chi connectivity index (χ0) is 13.3. The average Bonchev–Trinajstić information content (AvgIpc) is 2.77. The van der Waals surface area contributed by atoms with Crippen molar-refractivity contribution in [1.82, 2.24) is 0 Å². The molecule has 3 heteroatoms. The van der Waals surface area contributed by atoms with E-state index in [2.05, 4.69) is 26.8 Å². The molecular weight excluding hydrogens is 267 g/mol. The number of benzene rings is 1. The molecule has 0 aliphatic rings. The molecule has 0 amide bonds. The number of alkyl halides is 1. The van der Waals surface area contributed by atoms with Crippen molar-refractivity contribution in [2.45, 2.75) is 31.6 Å². The maximum atomic E-state index is 13.7. The van der Waals surface area contributed by atoms with Gasteiger partial charge < -0.3 is 0 Å². The highest BCUT2D eigenvalue weighted by atomic mass is 35.5. The Balaban J connectivity index is 2.33. The van der Waals surface area contributed by atoms with E-state index in [1.165, 1.54) is 10.9 Å². The van der Waals surface area contributed by atoms with Gasteiger partial charge in [-0.15, -0.1) is 22.9 Å². The normalized spacial score (nSPS) is 13.6. The predicted molar refractivity (Wildman–Crippen MR) is 77.1 cm³/mol. The van der Waals surface area contributed by atoms with Crippen molar-refractivity contribution in [3.05, 3.63) is 57.5 Å². The van der Waals surface area contributed by atoms with Crippen LogP contribution in [0.2, 0.25) is 0 Å². The van der Waals surface area contributed by atoms with Gasteiger partial charge >= 0.3 is 0 Å². The van der Waals surface area contributed by atoms with Crippen LogP contribution in [0.25, 0.3) is 0 Å². The molecule has 0 N–H and O–H groups in total. The number of hydrogen-bond acceptors (Lipinski definition) is 1. The Hall–Kier alpha value is -0.860. The molecule has 0 aliphatic heterocycles. The SMILES string of the molecule is CC(C)(C)c1ccc(C(Cl)c2ccccc2F)s1. The Bertz CT molecular complexity index is 539. The molecule has 1 atom stereocenters. The topological polar surface area (TPSA) is 0 Å². The number of hydrogen-bond donors (Lipinski definition) is 0. The molecule has 0 saturated heterocycles. The molecule has 0 saturated carbocycles. The van der Waals surface area contributed by atoms with Crippen LogP contribution in [-0.4, -0.2) is 0 Å². The quantitative estimate of drug-likeness (QED) is 0.637. The van der Waals surface area contributed by atoms with Crippen LogP contribution in [0.4, 0.5) is 4.39 Å². The molecule has 2 aromatic rings. The lowest BCUT2D eigenvalue weighted by Crippen LogP contribution is -2.07. The zero-order valence-electron chi connectivity index (χ0n) is 10.7. The Kier molecular flexibility index (Phi) is 3.79. The Labute approximate surface area is 116 Å². The fraction of sp³-hybridized carbons (Fsp3) is 0.333. The molecule has 0 fully saturated rings. The van der Waals surface area contributed by atoms with Gasteiger partial charge in [-0.3, -0.25) is 0 Å². The van der Waals surface area contributed by atoms with E-state index in [1.54, 1.807) is 23.5 Å². The van der Waals surface area contributed by atoms with E-state index in [9.17, 15) is 4.39 Å². The smallest absolute Gasteiger partial charge is 0.128 e. The van der Waals surface area contributed by atoms with Crippen molar-refractivity contribution in [3.8, 4) is 0 Å². The molecule has 1 heterocycles. The summed E-state index contributed by atoms with van der Waals surface area (Å²) in [7, 11) is 0. The van der Waals surface area contributed by atoms with Gasteiger partial charge in [-0.25, -0.2) is 4.39 Å². The third-order valence-corrected chi connectivity index (χ3v) is 4.97. The van der Waals surface area contributed by atoms with Crippen LogP contribution in [0.3, 0.4) is 0 Å². The molecule has 1 aromatic carbocycles. The number of rotatable bonds is 2. The van der Waals surface area contributed by atoms with Crippen molar-refractivity contribution in [1.29, 1.82) is 0 Å². The maximum Gasteiger partial charge on any atom is 0.128 e. The van der Waals surface area contributed by atoms with Gasteiger partial charge in [-0.1, -0.05) is 39.0 Å². The summed E-state index contributed by atoms with van der Waals surface area (Å²) in [5, 5.41) is -0.410. The summed E-state index contributed by atoms with van der Waals surface area (Å²) in [5.41, 5.74) is 0.649. The van der Waals surface area contributed by atoms with E-state index < -0.39 is 5.38 Å². The van der Waals surface area contributed by atoms with Gasteiger partial charge in [0, 0.05) is 15.3 Å². The highest BCUT2D eigenvalue weighted by Gasteiger charge is 2.21. The fourth-order valence-electron chi connectivity index (χ4n) is 1.73. The second-order valence-electron chi connectivity index (χ2n) is 5.34. The van der Waals surface area contributed by atoms with Crippen LogP contribution in [0.15, 0.2) is 36.4 Å².